The number of carbonyl (C=O) groups excluding carboxylic acids is 1. The number of hydrogen-bond donors (Lipinski definition) is 1. The van der Waals surface area contributed by atoms with Crippen molar-refractivity contribution >= 4 is 5.78 Å². The van der Waals surface area contributed by atoms with Gasteiger partial charge in [0.15, 0.2) is 5.78 Å². The lowest BCUT2D eigenvalue weighted by Crippen LogP contribution is -2.16. The highest BCUT2D eigenvalue weighted by Crippen LogP contribution is 2.30. The molecule has 1 heterocycles. The lowest BCUT2D eigenvalue weighted by atomic mass is 10.0. The molecule has 3 heteroatoms. The molecule has 0 bridgehead atoms. The second kappa shape index (κ2) is 4.66. The van der Waals surface area contributed by atoms with Gasteiger partial charge in [0.1, 0.15) is 5.75 Å². The van der Waals surface area contributed by atoms with E-state index in [9.17, 15) is 4.79 Å². The van der Waals surface area contributed by atoms with Gasteiger partial charge in [-0.2, -0.15) is 0 Å². The predicted molar refractivity (Wildman–Crippen MR) is 62.9 cm³/mol. The van der Waals surface area contributed by atoms with Crippen LogP contribution in [0.2, 0.25) is 0 Å². The van der Waals surface area contributed by atoms with E-state index in [1.165, 1.54) is 0 Å². The predicted octanol–water partition coefficient (Wildman–Crippen LogP) is 1.93. The second-order valence-electron chi connectivity index (χ2n) is 4.33. The number of Topliss-reactive ketones (excluding diaryl/α,β-unsaturated/α-hetero) is 1. The van der Waals surface area contributed by atoms with Crippen LogP contribution in [-0.2, 0) is 6.42 Å². The zero-order valence-electron chi connectivity index (χ0n) is 9.53. The highest BCUT2D eigenvalue weighted by molar-refractivity contribution is 5.99. The zero-order valence-corrected chi connectivity index (χ0v) is 9.53. The van der Waals surface area contributed by atoms with Crippen LogP contribution in [0.5, 0.6) is 5.75 Å². The SMILES string of the molecule is CC(N)CCC(=O)c1cccc2c1OCC2. The Labute approximate surface area is 95.6 Å². The molecule has 0 amide bonds. The molecule has 1 unspecified atom stereocenters. The summed E-state index contributed by atoms with van der Waals surface area (Å²) in [6.07, 6.45) is 2.13. The molecule has 1 aliphatic heterocycles. The molecule has 0 aromatic heterocycles. The van der Waals surface area contributed by atoms with E-state index in [2.05, 4.69) is 0 Å². The maximum absolute atomic E-state index is 12.0. The van der Waals surface area contributed by atoms with E-state index >= 15 is 0 Å². The van der Waals surface area contributed by atoms with Crippen LogP contribution in [0.4, 0.5) is 0 Å². The van der Waals surface area contributed by atoms with Crippen molar-refractivity contribution in [3.8, 4) is 5.75 Å². The highest BCUT2D eigenvalue weighted by atomic mass is 16.5. The summed E-state index contributed by atoms with van der Waals surface area (Å²) >= 11 is 0. The Balaban J connectivity index is 2.15. The van der Waals surface area contributed by atoms with E-state index in [4.69, 9.17) is 10.5 Å². The maximum atomic E-state index is 12.0. The first-order valence-electron chi connectivity index (χ1n) is 5.72. The Morgan fingerprint density at radius 2 is 2.38 bits per heavy atom. The topological polar surface area (TPSA) is 52.3 Å². The summed E-state index contributed by atoms with van der Waals surface area (Å²) in [4.78, 5) is 12.0. The minimum Gasteiger partial charge on any atom is -0.492 e. The maximum Gasteiger partial charge on any atom is 0.166 e. The van der Waals surface area contributed by atoms with Crippen LogP contribution in [-0.4, -0.2) is 18.4 Å². The molecule has 0 fully saturated rings. The molecular weight excluding hydrogens is 202 g/mol. The van der Waals surface area contributed by atoms with Crippen LogP contribution in [0.3, 0.4) is 0 Å². The first-order valence-corrected chi connectivity index (χ1v) is 5.72. The van der Waals surface area contributed by atoms with E-state index in [-0.39, 0.29) is 11.8 Å². The molecule has 2 N–H and O–H groups in total. The van der Waals surface area contributed by atoms with Gasteiger partial charge in [0.05, 0.1) is 12.2 Å². The first-order chi connectivity index (χ1) is 7.68. The summed E-state index contributed by atoms with van der Waals surface area (Å²) in [5.41, 5.74) is 7.51. The van der Waals surface area contributed by atoms with Crippen LogP contribution in [0.25, 0.3) is 0 Å². The fraction of sp³-hybridized carbons (Fsp3) is 0.462. The molecule has 86 valence electrons. The molecule has 1 atom stereocenters. The average Bonchev–Trinajstić information content (AvgIpc) is 2.73. The van der Waals surface area contributed by atoms with E-state index in [0.29, 0.717) is 13.0 Å². The minimum absolute atomic E-state index is 0.0710. The van der Waals surface area contributed by atoms with Crippen molar-refractivity contribution < 1.29 is 9.53 Å². The highest BCUT2D eigenvalue weighted by Gasteiger charge is 2.20. The van der Waals surface area contributed by atoms with Gasteiger partial charge in [0, 0.05) is 18.9 Å². The first kappa shape index (κ1) is 11.1. The fourth-order valence-electron chi connectivity index (χ4n) is 1.93. The fourth-order valence-corrected chi connectivity index (χ4v) is 1.93. The Bertz CT molecular complexity index is 399. The molecular formula is C13H17NO2. The van der Waals surface area contributed by atoms with Crippen LogP contribution >= 0.6 is 0 Å². The molecule has 0 spiro atoms. The lowest BCUT2D eigenvalue weighted by molar-refractivity contribution is 0.0975. The number of rotatable bonds is 4. The molecule has 0 aliphatic carbocycles. The van der Waals surface area contributed by atoms with Gasteiger partial charge < -0.3 is 10.5 Å². The molecule has 1 aliphatic rings. The van der Waals surface area contributed by atoms with E-state index in [0.717, 1.165) is 29.7 Å². The largest absolute Gasteiger partial charge is 0.492 e. The number of hydrogen-bond acceptors (Lipinski definition) is 3. The summed E-state index contributed by atoms with van der Waals surface area (Å²) in [5, 5.41) is 0. The van der Waals surface area contributed by atoms with Gasteiger partial charge in [0.2, 0.25) is 0 Å². The number of para-hydroxylation sites is 1. The van der Waals surface area contributed by atoms with Gasteiger partial charge >= 0.3 is 0 Å². The number of carbonyl (C=O) groups is 1. The van der Waals surface area contributed by atoms with Crippen molar-refractivity contribution in [3.05, 3.63) is 29.3 Å². The Hall–Kier alpha value is -1.35. The summed E-state index contributed by atoms with van der Waals surface area (Å²) < 4.78 is 5.51. The van der Waals surface area contributed by atoms with Gasteiger partial charge in [-0.1, -0.05) is 12.1 Å². The van der Waals surface area contributed by atoms with Crippen molar-refractivity contribution in [1.82, 2.24) is 0 Å². The van der Waals surface area contributed by atoms with E-state index in [1.54, 1.807) is 0 Å². The summed E-state index contributed by atoms with van der Waals surface area (Å²) in [6, 6.07) is 5.85. The van der Waals surface area contributed by atoms with Gasteiger partial charge in [0.25, 0.3) is 0 Å². The lowest BCUT2D eigenvalue weighted by Gasteiger charge is -2.08. The quantitative estimate of drug-likeness (QED) is 0.787. The molecule has 1 aromatic rings. The third-order valence-electron chi connectivity index (χ3n) is 2.84. The van der Waals surface area contributed by atoms with Crippen molar-refractivity contribution in [1.29, 1.82) is 0 Å². The Kier molecular flexibility index (Phi) is 3.25. The minimum atomic E-state index is 0.0710. The van der Waals surface area contributed by atoms with Crippen molar-refractivity contribution in [2.24, 2.45) is 5.73 Å². The molecule has 2 rings (SSSR count). The van der Waals surface area contributed by atoms with E-state index < -0.39 is 0 Å². The van der Waals surface area contributed by atoms with Crippen LogP contribution < -0.4 is 10.5 Å². The average molecular weight is 219 g/mol. The van der Waals surface area contributed by atoms with Gasteiger partial charge in [-0.15, -0.1) is 0 Å². The third-order valence-corrected chi connectivity index (χ3v) is 2.84. The third kappa shape index (κ3) is 2.25. The van der Waals surface area contributed by atoms with E-state index in [1.807, 2.05) is 25.1 Å². The van der Waals surface area contributed by atoms with Crippen LogP contribution in [0.15, 0.2) is 18.2 Å². The van der Waals surface area contributed by atoms with Crippen LogP contribution in [0, 0.1) is 0 Å². The molecule has 0 saturated heterocycles. The molecule has 0 saturated carbocycles. The summed E-state index contributed by atoms with van der Waals surface area (Å²) in [6.45, 7) is 2.60. The van der Waals surface area contributed by atoms with Crippen molar-refractivity contribution in [3.63, 3.8) is 0 Å². The Morgan fingerprint density at radius 1 is 1.56 bits per heavy atom. The van der Waals surface area contributed by atoms with Gasteiger partial charge in [-0.25, -0.2) is 0 Å². The number of ether oxygens (including phenoxy) is 1. The summed E-state index contributed by atoms with van der Waals surface area (Å²) in [7, 11) is 0. The van der Waals surface area contributed by atoms with Gasteiger partial charge in [-0.3, -0.25) is 4.79 Å². The standard InChI is InChI=1S/C13H17NO2/c1-9(14)5-6-12(15)11-4-2-3-10-7-8-16-13(10)11/h2-4,9H,5-8,14H2,1H3. The number of benzene rings is 1. The van der Waals surface area contributed by atoms with Crippen molar-refractivity contribution in [2.75, 3.05) is 6.61 Å². The van der Waals surface area contributed by atoms with Crippen molar-refractivity contribution in [2.45, 2.75) is 32.2 Å². The number of nitrogens with two attached hydrogens (primary N) is 1. The second-order valence-corrected chi connectivity index (χ2v) is 4.33. The molecule has 0 radical (unpaired) electrons. The van der Waals surface area contributed by atoms with Gasteiger partial charge in [-0.05, 0) is 25.0 Å². The zero-order chi connectivity index (χ0) is 11.5. The Morgan fingerprint density at radius 3 is 3.12 bits per heavy atom. The number of fused-ring (bicyclic) bond motifs is 1. The molecule has 3 nitrogen and oxygen atoms in total. The summed E-state index contributed by atoms with van der Waals surface area (Å²) in [5.74, 6) is 0.924. The smallest absolute Gasteiger partial charge is 0.166 e. The molecule has 1 aromatic carbocycles. The number of ketones is 1. The monoisotopic (exact) mass is 219 g/mol. The molecule has 16 heavy (non-hydrogen) atoms. The normalized spacial score (nSPS) is 15.4. The van der Waals surface area contributed by atoms with Crippen LogP contribution in [0.1, 0.15) is 35.7 Å².